The predicted octanol–water partition coefficient (Wildman–Crippen LogP) is 1.98. The Labute approximate surface area is 187 Å². The van der Waals surface area contributed by atoms with E-state index in [-0.39, 0.29) is 18.1 Å². The fourth-order valence-corrected chi connectivity index (χ4v) is 3.63. The Morgan fingerprint density at radius 3 is 2.47 bits per heavy atom. The molecular weight excluding hydrogens is 410 g/mol. The third-order valence-corrected chi connectivity index (χ3v) is 5.36. The molecule has 0 radical (unpaired) electrons. The number of quaternary nitrogens is 1. The van der Waals surface area contributed by atoms with Crippen LogP contribution in [0.4, 0.5) is 5.69 Å². The number of fused-ring (bicyclic) bond motifs is 1. The minimum atomic E-state index is -0.525. The Morgan fingerprint density at radius 1 is 1.03 bits per heavy atom. The quantitative estimate of drug-likeness (QED) is 0.443. The number of likely N-dealkylation sites (N-methyl/N-ethyl adjacent to an activating group) is 1. The van der Waals surface area contributed by atoms with E-state index in [1.165, 1.54) is 7.11 Å². The van der Waals surface area contributed by atoms with Gasteiger partial charge in [0, 0.05) is 17.3 Å². The van der Waals surface area contributed by atoms with Crippen LogP contribution in [0.5, 0.6) is 11.5 Å². The number of methoxy groups -OCH3 is 3. The number of esters is 1. The number of nitrogens with one attached hydrogen (secondary N) is 3. The first-order chi connectivity index (χ1) is 15.4. The van der Waals surface area contributed by atoms with Crippen molar-refractivity contribution in [3.8, 4) is 11.5 Å². The molecule has 0 spiro atoms. The molecule has 8 heteroatoms. The van der Waals surface area contributed by atoms with Crippen LogP contribution in [0.15, 0.2) is 36.4 Å². The number of aryl methyl sites for hydroxylation is 1. The highest BCUT2D eigenvalue weighted by molar-refractivity contribution is 6.11. The van der Waals surface area contributed by atoms with Crippen molar-refractivity contribution in [2.45, 2.75) is 13.3 Å². The van der Waals surface area contributed by atoms with E-state index >= 15 is 0 Å². The lowest BCUT2D eigenvalue weighted by atomic mass is 10.1. The molecule has 0 aliphatic heterocycles. The van der Waals surface area contributed by atoms with Crippen molar-refractivity contribution in [3.63, 3.8) is 0 Å². The third-order valence-electron chi connectivity index (χ3n) is 5.36. The lowest BCUT2D eigenvalue weighted by molar-refractivity contribution is -0.870. The number of aromatic amines is 1. The first-order valence-corrected chi connectivity index (χ1v) is 10.4. The molecule has 3 rings (SSSR count). The molecule has 0 saturated heterocycles. The summed E-state index contributed by atoms with van der Waals surface area (Å²) in [5.74, 6) is 0.669. The number of aromatic nitrogens is 1. The van der Waals surface area contributed by atoms with Gasteiger partial charge >= 0.3 is 5.97 Å². The van der Waals surface area contributed by atoms with Gasteiger partial charge in [0.05, 0.1) is 40.6 Å². The van der Waals surface area contributed by atoms with Gasteiger partial charge in [0.2, 0.25) is 0 Å². The van der Waals surface area contributed by atoms with Crippen LogP contribution in [0.25, 0.3) is 10.9 Å². The maximum absolute atomic E-state index is 12.8. The molecule has 1 aromatic heterocycles. The zero-order valence-electron chi connectivity index (χ0n) is 19.1. The number of rotatable bonds is 9. The molecule has 0 fully saturated rings. The molecule has 1 atom stereocenters. The third kappa shape index (κ3) is 5.20. The molecule has 0 aliphatic carbocycles. The second-order valence-electron chi connectivity index (χ2n) is 7.79. The molecule has 170 valence electrons. The molecule has 8 nitrogen and oxygen atoms in total. The van der Waals surface area contributed by atoms with Gasteiger partial charge in [-0.1, -0.05) is 17.7 Å². The van der Waals surface area contributed by atoms with Gasteiger partial charge in [-0.3, -0.25) is 4.79 Å². The summed E-state index contributed by atoms with van der Waals surface area (Å²) in [6.07, 6.45) is 0.777. The lowest BCUT2D eigenvalue weighted by Crippen LogP contribution is -3.10. The monoisotopic (exact) mass is 440 g/mol. The number of hydrogen-bond donors (Lipinski definition) is 3. The van der Waals surface area contributed by atoms with Crippen LogP contribution in [0.3, 0.4) is 0 Å². The summed E-state index contributed by atoms with van der Waals surface area (Å²) >= 11 is 0. The van der Waals surface area contributed by atoms with Crippen molar-refractivity contribution in [2.75, 3.05) is 46.8 Å². The molecule has 1 amide bonds. The summed E-state index contributed by atoms with van der Waals surface area (Å²) in [5, 5.41) is 3.69. The van der Waals surface area contributed by atoms with Crippen LogP contribution >= 0.6 is 0 Å². The van der Waals surface area contributed by atoms with Crippen LogP contribution in [-0.2, 0) is 16.0 Å². The van der Waals surface area contributed by atoms with E-state index in [2.05, 4.69) is 10.3 Å². The average Bonchev–Trinajstić information content (AvgIpc) is 3.14. The average molecular weight is 441 g/mol. The fourth-order valence-electron chi connectivity index (χ4n) is 3.63. The van der Waals surface area contributed by atoms with Gasteiger partial charge in [0.15, 0.2) is 18.0 Å². The molecule has 1 unspecified atom stereocenters. The SMILES string of the molecule is COC(=O)c1[nH]c2ccc(C)cc2c1NC(=O)C[NH+](C)CCc1ccc(OC)c(OC)c1. The second-order valence-corrected chi connectivity index (χ2v) is 7.79. The number of amides is 1. The fraction of sp³-hybridized carbons (Fsp3) is 0.333. The van der Waals surface area contributed by atoms with Crippen LogP contribution in [0, 0.1) is 6.92 Å². The molecule has 0 aliphatic rings. The normalized spacial score (nSPS) is 11.8. The Bertz CT molecular complexity index is 1120. The van der Waals surface area contributed by atoms with Crippen molar-refractivity contribution >= 4 is 28.5 Å². The molecular formula is C24H30N3O5+. The summed E-state index contributed by atoms with van der Waals surface area (Å²) in [6, 6.07) is 11.6. The highest BCUT2D eigenvalue weighted by Crippen LogP contribution is 2.29. The van der Waals surface area contributed by atoms with Gasteiger partial charge in [-0.2, -0.15) is 0 Å². The van der Waals surface area contributed by atoms with E-state index in [0.29, 0.717) is 17.2 Å². The van der Waals surface area contributed by atoms with Gasteiger partial charge < -0.3 is 29.4 Å². The van der Waals surface area contributed by atoms with Gasteiger partial charge in [-0.15, -0.1) is 0 Å². The van der Waals surface area contributed by atoms with E-state index in [4.69, 9.17) is 14.2 Å². The number of hydrogen-bond acceptors (Lipinski definition) is 5. The number of H-pyrrole nitrogens is 1. The molecule has 3 N–H and O–H groups in total. The second kappa shape index (κ2) is 10.2. The van der Waals surface area contributed by atoms with Gasteiger partial charge in [0.1, 0.15) is 5.69 Å². The smallest absolute Gasteiger partial charge is 0.356 e. The van der Waals surface area contributed by atoms with Gasteiger partial charge in [0.25, 0.3) is 5.91 Å². The number of anilines is 1. The number of ether oxygens (including phenoxy) is 3. The standard InChI is InChI=1S/C24H29N3O5/c1-15-6-8-18-17(12-15)22(23(25-18)24(29)32-5)26-21(28)14-27(2)11-10-16-7-9-19(30-3)20(13-16)31-4/h6-9,12-13,25H,10-11,14H2,1-5H3,(H,26,28)/p+1. The number of carbonyl (C=O) groups excluding carboxylic acids is 2. The van der Waals surface area contributed by atoms with Crippen molar-refractivity contribution < 1.29 is 28.7 Å². The Hall–Kier alpha value is -3.52. The van der Waals surface area contributed by atoms with E-state index < -0.39 is 5.97 Å². The minimum absolute atomic E-state index is 0.178. The van der Waals surface area contributed by atoms with Crippen molar-refractivity contribution in [2.24, 2.45) is 0 Å². The van der Waals surface area contributed by atoms with E-state index in [9.17, 15) is 9.59 Å². The van der Waals surface area contributed by atoms with Crippen LogP contribution in [0.2, 0.25) is 0 Å². The van der Waals surface area contributed by atoms with Crippen molar-refractivity contribution in [1.29, 1.82) is 0 Å². The van der Waals surface area contributed by atoms with E-state index in [0.717, 1.165) is 39.9 Å². The highest BCUT2D eigenvalue weighted by atomic mass is 16.5. The van der Waals surface area contributed by atoms with Crippen LogP contribution < -0.4 is 19.7 Å². The molecule has 1 heterocycles. The highest BCUT2D eigenvalue weighted by Gasteiger charge is 2.21. The zero-order valence-corrected chi connectivity index (χ0v) is 19.1. The van der Waals surface area contributed by atoms with E-state index in [1.807, 2.05) is 50.4 Å². The molecule has 2 aromatic carbocycles. The Kier molecular flexibility index (Phi) is 7.37. The molecule has 3 aromatic rings. The first kappa shape index (κ1) is 23.1. The predicted molar refractivity (Wildman–Crippen MR) is 123 cm³/mol. The zero-order chi connectivity index (χ0) is 23.3. The van der Waals surface area contributed by atoms with E-state index in [1.54, 1.807) is 14.2 Å². The van der Waals surface area contributed by atoms with Crippen molar-refractivity contribution in [3.05, 3.63) is 53.2 Å². The summed E-state index contributed by atoms with van der Waals surface area (Å²) < 4.78 is 15.5. The van der Waals surface area contributed by atoms with Crippen LogP contribution in [0.1, 0.15) is 21.6 Å². The summed E-state index contributed by atoms with van der Waals surface area (Å²) in [6.45, 7) is 2.97. The molecule has 32 heavy (non-hydrogen) atoms. The summed E-state index contributed by atoms with van der Waals surface area (Å²) in [4.78, 5) is 29.1. The lowest BCUT2D eigenvalue weighted by Gasteiger charge is -2.15. The number of benzene rings is 2. The van der Waals surface area contributed by atoms with Gasteiger partial charge in [-0.25, -0.2) is 4.79 Å². The Morgan fingerprint density at radius 2 is 1.78 bits per heavy atom. The van der Waals surface area contributed by atoms with Gasteiger partial charge in [-0.05, 0) is 36.8 Å². The minimum Gasteiger partial charge on any atom is -0.493 e. The maximum atomic E-state index is 12.8. The van der Waals surface area contributed by atoms with Crippen LogP contribution in [-0.4, -0.2) is 58.3 Å². The first-order valence-electron chi connectivity index (χ1n) is 10.4. The molecule has 0 saturated carbocycles. The summed E-state index contributed by atoms with van der Waals surface area (Å²) in [7, 11) is 6.49. The van der Waals surface area contributed by atoms with Crippen molar-refractivity contribution in [1.82, 2.24) is 4.98 Å². The maximum Gasteiger partial charge on any atom is 0.356 e. The molecule has 0 bridgehead atoms. The summed E-state index contributed by atoms with van der Waals surface area (Å²) in [5.41, 5.74) is 3.58. The Balaban J connectivity index is 1.67. The largest absolute Gasteiger partial charge is 0.493 e. The topological polar surface area (TPSA) is 94.1 Å². The number of carbonyl (C=O) groups is 2.